The SMILES string of the molecule is CCOC(=O)C=CC(=O)OCC(=O)OC(=O)C(c1ccccc1)c1ccccc1. The Morgan fingerprint density at radius 3 is 1.76 bits per heavy atom. The lowest BCUT2D eigenvalue weighted by atomic mass is 9.91. The first-order valence-corrected chi connectivity index (χ1v) is 8.87. The molecule has 0 aromatic heterocycles. The van der Waals surface area contributed by atoms with Gasteiger partial charge in [-0.15, -0.1) is 0 Å². The van der Waals surface area contributed by atoms with E-state index in [0.717, 1.165) is 12.2 Å². The molecule has 0 radical (unpaired) electrons. The van der Waals surface area contributed by atoms with Crippen LogP contribution >= 0.6 is 0 Å². The number of rotatable bonds is 8. The molecule has 0 saturated carbocycles. The lowest BCUT2D eigenvalue weighted by molar-refractivity contribution is -0.166. The van der Waals surface area contributed by atoms with Crippen molar-refractivity contribution in [2.45, 2.75) is 12.8 Å². The van der Waals surface area contributed by atoms with E-state index in [0.29, 0.717) is 11.1 Å². The van der Waals surface area contributed by atoms with Crippen LogP contribution < -0.4 is 0 Å². The van der Waals surface area contributed by atoms with Crippen molar-refractivity contribution in [1.29, 1.82) is 0 Å². The number of carbonyl (C=O) groups is 4. The summed E-state index contributed by atoms with van der Waals surface area (Å²) >= 11 is 0. The molecule has 0 unspecified atom stereocenters. The monoisotopic (exact) mass is 396 g/mol. The van der Waals surface area contributed by atoms with E-state index in [2.05, 4.69) is 9.47 Å². The van der Waals surface area contributed by atoms with Crippen LogP contribution in [0.15, 0.2) is 72.8 Å². The van der Waals surface area contributed by atoms with Crippen LogP contribution in [-0.2, 0) is 33.4 Å². The predicted octanol–water partition coefficient (Wildman–Crippen LogP) is 2.55. The Hall–Kier alpha value is -3.74. The number of carbonyl (C=O) groups excluding carboxylic acids is 4. The molecular weight excluding hydrogens is 376 g/mol. The molecule has 0 fully saturated rings. The molecule has 2 aromatic carbocycles. The first-order chi connectivity index (χ1) is 14.0. The molecule has 0 heterocycles. The molecule has 0 aliphatic heterocycles. The largest absolute Gasteiger partial charge is 0.463 e. The Bertz CT molecular complexity index is 833. The Labute approximate surface area is 167 Å². The zero-order valence-electron chi connectivity index (χ0n) is 15.8. The van der Waals surface area contributed by atoms with E-state index in [9.17, 15) is 19.2 Å². The fourth-order valence-electron chi connectivity index (χ4n) is 2.46. The average molecular weight is 396 g/mol. The van der Waals surface area contributed by atoms with Gasteiger partial charge in [0.25, 0.3) is 0 Å². The molecule has 7 heteroatoms. The lowest BCUT2D eigenvalue weighted by Crippen LogP contribution is -2.24. The summed E-state index contributed by atoms with van der Waals surface area (Å²) in [5, 5.41) is 0. The first kappa shape index (κ1) is 21.6. The van der Waals surface area contributed by atoms with Crippen molar-refractivity contribution < 1.29 is 33.4 Å². The molecule has 29 heavy (non-hydrogen) atoms. The normalized spacial score (nSPS) is 10.6. The van der Waals surface area contributed by atoms with Crippen molar-refractivity contribution in [3.05, 3.63) is 83.9 Å². The van der Waals surface area contributed by atoms with Crippen LogP contribution in [0.2, 0.25) is 0 Å². The van der Waals surface area contributed by atoms with Crippen molar-refractivity contribution in [1.82, 2.24) is 0 Å². The van der Waals surface area contributed by atoms with Gasteiger partial charge in [-0.1, -0.05) is 60.7 Å². The summed E-state index contributed by atoms with van der Waals surface area (Å²) in [5.74, 6) is -4.27. The van der Waals surface area contributed by atoms with E-state index in [1.165, 1.54) is 0 Å². The fraction of sp³-hybridized carbons (Fsp3) is 0.182. The van der Waals surface area contributed by atoms with Crippen LogP contribution in [-0.4, -0.2) is 37.1 Å². The molecule has 0 aliphatic rings. The van der Waals surface area contributed by atoms with Crippen LogP contribution in [0.25, 0.3) is 0 Å². The maximum absolute atomic E-state index is 12.6. The molecule has 7 nitrogen and oxygen atoms in total. The Kier molecular flexibility index (Phi) is 8.31. The number of hydrogen-bond acceptors (Lipinski definition) is 7. The summed E-state index contributed by atoms with van der Waals surface area (Å²) in [5.41, 5.74) is 1.32. The highest BCUT2D eigenvalue weighted by atomic mass is 16.6. The van der Waals surface area contributed by atoms with Gasteiger partial charge >= 0.3 is 23.9 Å². The summed E-state index contributed by atoms with van der Waals surface area (Å²) < 4.78 is 14.1. The summed E-state index contributed by atoms with van der Waals surface area (Å²) in [6.07, 6.45) is 1.70. The van der Waals surface area contributed by atoms with Gasteiger partial charge in [-0.3, -0.25) is 4.79 Å². The summed E-state index contributed by atoms with van der Waals surface area (Å²) in [4.78, 5) is 47.2. The smallest absolute Gasteiger partial charge is 0.351 e. The lowest BCUT2D eigenvalue weighted by Gasteiger charge is -2.16. The van der Waals surface area contributed by atoms with Gasteiger partial charge in [0.05, 0.1) is 6.61 Å². The molecule has 0 spiro atoms. The molecule has 2 rings (SSSR count). The van der Waals surface area contributed by atoms with Crippen LogP contribution in [0.1, 0.15) is 24.0 Å². The van der Waals surface area contributed by atoms with E-state index < -0.39 is 36.4 Å². The standard InChI is InChI=1S/C22H20O7/c1-2-27-18(23)13-14-19(24)28-15-20(25)29-22(26)21(16-9-5-3-6-10-16)17-11-7-4-8-12-17/h3-14,21H,2,15H2,1H3. The van der Waals surface area contributed by atoms with Crippen LogP contribution in [0.4, 0.5) is 0 Å². The molecule has 0 N–H and O–H groups in total. The average Bonchev–Trinajstić information content (AvgIpc) is 2.73. The van der Waals surface area contributed by atoms with Gasteiger partial charge in [0, 0.05) is 12.2 Å². The first-order valence-electron chi connectivity index (χ1n) is 8.87. The van der Waals surface area contributed by atoms with Crippen molar-refractivity contribution in [2.75, 3.05) is 13.2 Å². The van der Waals surface area contributed by atoms with Crippen molar-refractivity contribution in [2.24, 2.45) is 0 Å². The Balaban J connectivity index is 1.98. The second-order valence-corrected chi connectivity index (χ2v) is 5.74. The van der Waals surface area contributed by atoms with Gasteiger partial charge in [-0.05, 0) is 18.1 Å². The van der Waals surface area contributed by atoms with Gasteiger partial charge in [0.2, 0.25) is 0 Å². The number of hydrogen-bond donors (Lipinski definition) is 0. The van der Waals surface area contributed by atoms with Crippen LogP contribution in [0.5, 0.6) is 0 Å². The van der Waals surface area contributed by atoms with Gasteiger partial charge in [-0.25, -0.2) is 14.4 Å². The van der Waals surface area contributed by atoms with Gasteiger partial charge in [-0.2, -0.15) is 0 Å². The maximum atomic E-state index is 12.6. The Morgan fingerprint density at radius 1 is 0.793 bits per heavy atom. The number of ether oxygens (including phenoxy) is 3. The van der Waals surface area contributed by atoms with Gasteiger partial charge in [0.1, 0.15) is 5.92 Å². The molecule has 0 amide bonds. The highest BCUT2D eigenvalue weighted by Crippen LogP contribution is 2.25. The fourth-order valence-corrected chi connectivity index (χ4v) is 2.46. The van der Waals surface area contributed by atoms with E-state index >= 15 is 0 Å². The summed E-state index contributed by atoms with van der Waals surface area (Å²) in [6, 6.07) is 17.7. The highest BCUT2D eigenvalue weighted by molar-refractivity contribution is 5.94. The topological polar surface area (TPSA) is 96.0 Å². The number of esters is 4. The quantitative estimate of drug-likeness (QED) is 0.293. The van der Waals surface area contributed by atoms with Crippen molar-refractivity contribution in [3.63, 3.8) is 0 Å². The Morgan fingerprint density at radius 2 is 1.28 bits per heavy atom. The third kappa shape index (κ3) is 7.06. The van der Waals surface area contributed by atoms with E-state index in [-0.39, 0.29) is 6.61 Å². The maximum Gasteiger partial charge on any atom is 0.351 e. The number of benzene rings is 2. The zero-order valence-corrected chi connectivity index (χ0v) is 15.8. The molecule has 0 saturated heterocycles. The zero-order chi connectivity index (χ0) is 21.1. The molecule has 0 atom stereocenters. The highest BCUT2D eigenvalue weighted by Gasteiger charge is 2.26. The van der Waals surface area contributed by atoms with Crippen molar-refractivity contribution >= 4 is 23.9 Å². The summed E-state index contributed by atoms with van der Waals surface area (Å²) in [7, 11) is 0. The molecule has 0 aliphatic carbocycles. The van der Waals surface area contributed by atoms with E-state index in [4.69, 9.17) is 4.74 Å². The molecule has 0 bridgehead atoms. The summed E-state index contributed by atoms with van der Waals surface area (Å²) in [6.45, 7) is 1.01. The van der Waals surface area contributed by atoms with Crippen LogP contribution in [0, 0.1) is 0 Å². The minimum atomic E-state index is -1.02. The van der Waals surface area contributed by atoms with Gasteiger partial charge < -0.3 is 14.2 Å². The van der Waals surface area contributed by atoms with Gasteiger partial charge in [0.15, 0.2) is 6.61 Å². The third-order valence-corrected chi connectivity index (χ3v) is 3.69. The van der Waals surface area contributed by atoms with E-state index in [1.54, 1.807) is 55.5 Å². The minimum Gasteiger partial charge on any atom is -0.463 e. The molecular formula is C22H20O7. The van der Waals surface area contributed by atoms with Crippen molar-refractivity contribution in [3.8, 4) is 0 Å². The predicted molar refractivity (Wildman–Crippen MR) is 103 cm³/mol. The van der Waals surface area contributed by atoms with E-state index in [1.807, 2.05) is 12.1 Å². The second-order valence-electron chi connectivity index (χ2n) is 5.74. The second kappa shape index (κ2) is 11.2. The molecule has 2 aromatic rings. The van der Waals surface area contributed by atoms with Crippen LogP contribution in [0.3, 0.4) is 0 Å². The molecule has 150 valence electrons. The minimum absolute atomic E-state index is 0.163. The third-order valence-electron chi connectivity index (χ3n) is 3.69.